The van der Waals surface area contributed by atoms with Gasteiger partial charge in [-0.2, -0.15) is 0 Å². The quantitative estimate of drug-likeness (QED) is 0.886. The summed E-state index contributed by atoms with van der Waals surface area (Å²) >= 11 is 0. The summed E-state index contributed by atoms with van der Waals surface area (Å²) in [6.07, 6.45) is 4.27. The number of aromatic nitrogens is 2. The van der Waals surface area contributed by atoms with Crippen molar-refractivity contribution < 1.29 is 19.4 Å². The summed E-state index contributed by atoms with van der Waals surface area (Å²) in [5.41, 5.74) is 0.0940. The molecule has 8 heteroatoms. The van der Waals surface area contributed by atoms with Gasteiger partial charge in [-0.1, -0.05) is 0 Å². The van der Waals surface area contributed by atoms with Gasteiger partial charge in [0.1, 0.15) is 11.6 Å². The largest absolute Gasteiger partial charge is 0.480 e. The first-order valence-corrected chi connectivity index (χ1v) is 7.46. The molecule has 0 bridgehead atoms. The maximum atomic E-state index is 12.1. The fraction of sp³-hybridized carbons (Fsp3) is 0.600. The van der Waals surface area contributed by atoms with Gasteiger partial charge in [-0.15, -0.1) is 0 Å². The Morgan fingerprint density at radius 3 is 2.65 bits per heavy atom. The van der Waals surface area contributed by atoms with Gasteiger partial charge < -0.3 is 14.7 Å². The van der Waals surface area contributed by atoms with E-state index in [1.807, 2.05) is 0 Å². The van der Waals surface area contributed by atoms with Crippen LogP contribution in [0, 0.1) is 0 Å². The Labute approximate surface area is 135 Å². The summed E-state index contributed by atoms with van der Waals surface area (Å²) in [5, 5.41) is 9.46. The normalized spacial score (nSPS) is 19.4. The van der Waals surface area contributed by atoms with Crippen LogP contribution in [0.25, 0.3) is 0 Å². The molecule has 1 N–H and O–H groups in total. The van der Waals surface area contributed by atoms with E-state index >= 15 is 0 Å². The predicted octanol–water partition coefficient (Wildman–Crippen LogP) is 0.983. The lowest BCUT2D eigenvalue weighted by Gasteiger charge is -2.39. The first-order valence-electron chi connectivity index (χ1n) is 7.46. The SMILES string of the molecule is CC(C)(C)OC(=O)N1CCN(Cc2cnccn2)C(C(=O)O)C1. The number of ether oxygens (including phenoxy) is 1. The van der Waals surface area contributed by atoms with E-state index < -0.39 is 23.7 Å². The van der Waals surface area contributed by atoms with Gasteiger partial charge in [-0.3, -0.25) is 19.7 Å². The van der Waals surface area contributed by atoms with Gasteiger partial charge in [0.25, 0.3) is 0 Å². The molecule has 1 aliphatic rings. The van der Waals surface area contributed by atoms with Crippen molar-refractivity contribution in [2.75, 3.05) is 19.6 Å². The Bertz CT molecular complexity index is 558. The maximum Gasteiger partial charge on any atom is 0.410 e. The van der Waals surface area contributed by atoms with Gasteiger partial charge >= 0.3 is 12.1 Å². The summed E-state index contributed by atoms with van der Waals surface area (Å²) in [6.45, 7) is 6.67. The zero-order valence-corrected chi connectivity index (χ0v) is 13.6. The number of hydrogen-bond donors (Lipinski definition) is 1. The lowest BCUT2D eigenvalue weighted by atomic mass is 10.1. The van der Waals surface area contributed by atoms with Gasteiger partial charge in [0, 0.05) is 38.2 Å². The summed E-state index contributed by atoms with van der Waals surface area (Å²) in [6, 6.07) is -0.793. The molecule has 1 amide bonds. The zero-order valence-electron chi connectivity index (χ0n) is 13.6. The van der Waals surface area contributed by atoms with E-state index in [1.165, 1.54) is 4.90 Å². The van der Waals surface area contributed by atoms with Crippen molar-refractivity contribution in [2.45, 2.75) is 39.0 Å². The van der Waals surface area contributed by atoms with Crippen molar-refractivity contribution in [3.8, 4) is 0 Å². The van der Waals surface area contributed by atoms with Gasteiger partial charge in [0.15, 0.2) is 0 Å². The first kappa shape index (κ1) is 17.1. The molecule has 2 rings (SSSR count). The van der Waals surface area contributed by atoms with Crippen molar-refractivity contribution in [1.82, 2.24) is 19.8 Å². The smallest absolute Gasteiger partial charge is 0.410 e. The highest BCUT2D eigenvalue weighted by Crippen LogP contribution is 2.16. The number of piperazine rings is 1. The minimum absolute atomic E-state index is 0.0878. The molecule has 1 saturated heterocycles. The molecule has 0 aromatic carbocycles. The maximum absolute atomic E-state index is 12.1. The average Bonchev–Trinajstić information content (AvgIpc) is 2.46. The van der Waals surface area contributed by atoms with E-state index in [0.717, 1.165) is 0 Å². The van der Waals surface area contributed by atoms with Crippen LogP contribution in [0.1, 0.15) is 26.5 Å². The molecule has 1 aliphatic heterocycles. The molecule has 1 atom stereocenters. The van der Waals surface area contributed by atoms with Crippen LogP contribution in [0.15, 0.2) is 18.6 Å². The Balaban J connectivity index is 2.03. The van der Waals surface area contributed by atoms with Crippen LogP contribution in [-0.2, 0) is 16.1 Å². The molecular weight excluding hydrogens is 300 g/mol. The third kappa shape index (κ3) is 4.88. The number of carboxylic acid groups (broad SMARTS) is 1. The second kappa shape index (κ2) is 6.91. The molecule has 0 aliphatic carbocycles. The van der Waals surface area contributed by atoms with Crippen molar-refractivity contribution in [3.05, 3.63) is 24.3 Å². The summed E-state index contributed by atoms with van der Waals surface area (Å²) in [4.78, 5) is 35.0. The number of nitrogens with zero attached hydrogens (tertiary/aromatic N) is 4. The minimum Gasteiger partial charge on any atom is -0.480 e. The first-order chi connectivity index (χ1) is 10.8. The molecule has 0 spiro atoms. The van der Waals surface area contributed by atoms with E-state index in [-0.39, 0.29) is 6.54 Å². The van der Waals surface area contributed by atoms with Crippen LogP contribution in [0.2, 0.25) is 0 Å². The number of hydrogen-bond acceptors (Lipinski definition) is 6. The topological polar surface area (TPSA) is 95.9 Å². The fourth-order valence-corrected chi connectivity index (χ4v) is 2.36. The molecule has 126 valence electrons. The molecule has 23 heavy (non-hydrogen) atoms. The van der Waals surface area contributed by atoms with Gasteiger partial charge in [-0.05, 0) is 20.8 Å². The van der Waals surface area contributed by atoms with Gasteiger partial charge in [0.05, 0.1) is 12.2 Å². The van der Waals surface area contributed by atoms with Crippen LogP contribution < -0.4 is 0 Å². The molecule has 8 nitrogen and oxygen atoms in total. The van der Waals surface area contributed by atoms with Crippen LogP contribution in [-0.4, -0.2) is 68.2 Å². The Morgan fingerprint density at radius 2 is 2.09 bits per heavy atom. The van der Waals surface area contributed by atoms with Crippen LogP contribution in [0.4, 0.5) is 4.79 Å². The lowest BCUT2D eigenvalue weighted by Crippen LogP contribution is -2.57. The number of rotatable bonds is 3. The van der Waals surface area contributed by atoms with Crippen molar-refractivity contribution in [1.29, 1.82) is 0 Å². The molecule has 0 saturated carbocycles. The molecule has 2 heterocycles. The zero-order chi connectivity index (χ0) is 17.0. The standard InChI is InChI=1S/C15H22N4O4/c1-15(2,3)23-14(22)19-7-6-18(12(10-19)13(20)21)9-11-8-16-4-5-17-11/h4-5,8,12H,6-7,9-10H2,1-3H3,(H,20,21). The van der Waals surface area contributed by atoms with Crippen molar-refractivity contribution in [2.24, 2.45) is 0 Å². The van der Waals surface area contributed by atoms with Crippen LogP contribution in [0.5, 0.6) is 0 Å². The molecule has 1 fully saturated rings. The Hall–Kier alpha value is -2.22. The monoisotopic (exact) mass is 322 g/mol. The summed E-state index contributed by atoms with van der Waals surface area (Å²) < 4.78 is 5.31. The van der Waals surface area contributed by atoms with E-state index in [0.29, 0.717) is 25.3 Å². The van der Waals surface area contributed by atoms with Crippen molar-refractivity contribution >= 4 is 12.1 Å². The highest BCUT2D eigenvalue weighted by molar-refractivity contribution is 5.76. The van der Waals surface area contributed by atoms with E-state index in [9.17, 15) is 14.7 Å². The number of carbonyl (C=O) groups is 2. The van der Waals surface area contributed by atoms with Crippen molar-refractivity contribution in [3.63, 3.8) is 0 Å². The number of carboxylic acids is 1. The second-order valence-corrected chi connectivity index (χ2v) is 6.45. The van der Waals surface area contributed by atoms with Crippen LogP contribution >= 0.6 is 0 Å². The van der Waals surface area contributed by atoms with E-state index in [1.54, 1.807) is 44.3 Å². The molecule has 0 radical (unpaired) electrons. The van der Waals surface area contributed by atoms with Gasteiger partial charge in [0.2, 0.25) is 0 Å². The minimum atomic E-state index is -0.970. The molecular formula is C15H22N4O4. The summed E-state index contributed by atoms with van der Waals surface area (Å²) in [7, 11) is 0. The number of aliphatic carboxylic acids is 1. The number of amides is 1. The third-order valence-corrected chi connectivity index (χ3v) is 3.41. The van der Waals surface area contributed by atoms with Crippen LogP contribution in [0.3, 0.4) is 0 Å². The lowest BCUT2D eigenvalue weighted by molar-refractivity contribution is -0.145. The summed E-state index contributed by atoms with van der Waals surface area (Å²) in [5.74, 6) is -0.970. The molecule has 1 aromatic heterocycles. The van der Waals surface area contributed by atoms with Gasteiger partial charge in [-0.25, -0.2) is 4.79 Å². The van der Waals surface area contributed by atoms with E-state index in [2.05, 4.69) is 9.97 Å². The highest BCUT2D eigenvalue weighted by atomic mass is 16.6. The molecule has 1 aromatic rings. The predicted molar refractivity (Wildman–Crippen MR) is 81.7 cm³/mol. The average molecular weight is 322 g/mol. The number of carbonyl (C=O) groups excluding carboxylic acids is 1. The third-order valence-electron chi connectivity index (χ3n) is 3.41. The fourth-order valence-electron chi connectivity index (χ4n) is 2.36. The Kier molecular flexibility index (Phi) is 5.15. The molecule has 1 unspecified atom stereocenters. The Morgan fingerprint density at radius 1 is 1.35 bits per heavy atom. The highest BCUT2D eigenvalue weighted by Gasteiger charge is 2.36. The second-order valence-electron chi connectivity index (χ2n) is 6.45. The van der Waals surface area contributed by atoms with E-state index in [4.69, 9.17) is 4.74 Å².